The van der Waals surface area contributed by atoms with Gasteiger partial charge in [0.2, 0.25) is 0 Å². The fraction of sp³-hybridized carbons (Fsp3) is 0.696. The van der Waals surface area contributed by atoms with Crippen LogP contribution in [0.5, 0.6) is 0 Å². The first-order valence-corrected chi connectivity index (χ1v) is 11.0. The van der Waals surface area contributed by atoms with Gasteiger partial charge in [0.25, 0.3) is 0 Å². The Balaban J connectivity index is 1.31. The Morgan fingerprint density at radius 1 is 1.18 bits per heavy atom. The Hall–Kier alpha value is -1.59. The molecule has 2 saturated heterocycles. The molecule has 5 rings (SSSR count). The molecule has 2 aliphatic carbocycles. The Labute approximate surface area is 168 Å². The predicted octanol–water partition coefficient (Wildman–Crippen LogP) is 3.29. The molecule has 0 aromatic heterocycles. The number of hydrogen-bond acceptors (Lipinski definition) is 3. The summed E-state index contributed by atoms with van der Waals surface area (Å²) in [4.78, 5) is 7.08. The van der Waals surface area contributed by atoms with Crippen LogP contribution in [-0.4, -0.2) is 56.4 Å². The zero-order chi connectivity index (χ0) is 19.1. The van der Waals surface area contributed by atoms with Crippen molar-refractivity contribution in [3.63, 3.8) is 0 Å². The summed E-state index contributed by atoms with van der Waals surface area (Å²) in [5, 5.41) is 3.90. The molecule has 0 radical (unpaired) electrons. The summed E-state index contributed by atoms with van der Waals surface area (Å²) in [7, 11) is 1.92. The molecule has 4 unspecified atom stereocenters. The summed E-state index contributed by atoms with van der Waals surface area (Å²) >= 11 is 0. The van der Waals surface area contributed by atoms with E-state index in [1.54, 1.807) is 0 Å². The highest BCUT2D eigenvalue weighted by molar-refractivity contribution is 5.80. The summed E-state index contributed by atoms with van der Waals surface area (Å²) in [6.45, 7) is 5.59. The van der Waals surface area contributed by atoms with Crippen LogP contribution in [0.4, 0.5) is 0 Å². The molecular weight excluding hydrogens is 350 g/mol. The second-order valence-electron chi connectivity index (χ2n) is 9.02. The second-order valence-corrected chi connectivity index (χ2v) is 9.02. The van der Waals surface area contributed by atoms with Crippen LogP contribution in [0.25, 0.3) is 0 Å². The van der Waals surface area contributed by atoms with E-state index in [2.05, 4.69) is 46.4 Å². The normalized spacial score (nSPS) is 34.4. The number of rotatable bonds is 2. The predicted molar refractivity (Wildman–Crippen MR) is 110 cm³/mol. The fourth-order valence-corrected chi connectivity index (χ4v) is 6.32. The number of benzene rings is 1. The molecule has 152 valence electrons. The second kappa shape index (κ2) is 7.34. The monoisotopic (exact) mass is 383 g/mol. The lowest BCUT2D eigenvalue weighted by molar-refractivity contribution is -0.125. The number of hydrogen-bond donors (Lipinski definition) is 1. The molecule has 5 heteroatoms. The van der Waals surface area contributed by atoms with Gasteiger partial charge in [-0.1, -0.05) is 37.1 Å². The van der Waals surface area contributed by atoms with Gasteiger partial charge in [0.15, 0.2) is 5.96 Å². The average molecular weight is 384 g/mol. The molecular formula is C23H33N3O2. The molecule has 4 fully saturated rings. The standard InChI is InChI=1S/C23H33N3O2/c1-16-7-3-4-8-17(16)19-15-26(12-14-27-19)22(24-2)25-20-18-9-13-28-21(18)23(20)10-5-6-11-23/h3-4,7-8,18-21H,5-6,9-15H2,1-2H3,(H,24,25). The van der Waals surface area contributed by atoms with Crippen molar-refractivity contribution in [1.82, 2.24) is 10.2 Å². The third-order valence-electron chi connectivity index (χ3n) is 7.68. The van der Waals surface area contributed by atoms with Crippen molar-refractivity contribution in [2.75, 3.05) is 33.4 Å². The quantitative estimate of drug-likeness (QED) is 0.629. The van der Waals surface area contributed by atoms with E-state index in [4.69, 9.17) is 9.47 Å². The van der Waals surface area contributed by atoms with Crippen LogP contribution < -0.4 is 5.32 Å². The van der Waals surface area contributed by atoms with Crippen molar-refractivity contribution < 1.29 is 9.47 Å². The van der Waals surface area contributed by atoms with Crippen molar-refractivity contribution in [3.8, 4) is 0 Å². The maximum Gasteiger partial charge on any atom is 0.194 e. The van der Waals surface area contributed by atoms with Gasteiger partial charge in [0, 0.05) is 37.6 Å². The molecule has 4 aliphatic rings. The minimum Gasteiger partial charge on any atom is -0.377 e. The molecule has 4 atom stereocenters. The SMILES string of the molecule is CN=C(NC1C2CCOC2C12CCCC2)N1CCOC(c2ccccc2C)C1. The summed E-state index contributed by atoms with van der Waals surface area (Å²) in [6.07, 6.45) is 7.07. The zero-order valence-electron chi connectivity index (χ0n) is 17.2. The first kappa shape index (κ1) is 18.4. The van der Waals surface area contributed by atoms with E-state index in [0.29, 0.717) is 23.5 Å². The minimum absolute atomic E-state index is 0.109. The molecule has 5 nitrogen and oxygen atoms in total. The van der Waals surface area contributed by atoms with Gasteiger partial charge in [-0.3, -0.25) is 4.99 Å². The molecule has 2 aliphatic heterocycles. The minimum atomic E-state index is 0.109. The summed E-state index contributed by atoms with van der Waals surface area (Å²) < 4.78 is 12.3. The number of aliphatic imine (C=N–C) groups is 1. The summed E-state index contributed by atoms with van der Waals surface area (Å²) in [5.41, 5.74) is 2.94. The molecule has 28 heavy (non-hydrogen) atoms. The van der Waals surface area contributed by atoms with Crippen molar-refractivity contribution in [1.29, 1.82) is 0 Å². The smallest absolute Gasteiger partial charge is 0.194 e. The maximum absolute atomic E-state index is 6.16. The Morgan fingerprint density at radius 3 is 2.79 bits per heavy atom. The Kier molecular flexibility index (Phi) is 4.84. The highest BCUT2D eigenvalue weighted by atomic mass is 16.5. The van der Waals surface area contributed by atoms with E-state index in [-0.39, 0.29) is 6.10 Å². The van der Waals surface area contributed by atoms with E-state index in [1.165, 1.54) is 43.2 Å². The zero-order valence-corrected chi connectivity index (χ0v) is 17.2. The lowest BCUT2D eigenvalue weighted by Crippen LogP contribution is -2.69. The van der Waals surface area contributed by atoms with E-state index in [1.807, 2.05) is 7.05 Å². The lowest BCUT2D eigenvalue weighted by atomic mass is 9.54. The van der Waals surface area contributed by atoms with E-state index >= 15 is 0 Å². The van der Waals surface area contributed by atoms with Gasteiger partial charge in [-0.2, -0.15) is 0 Å². The van der Waals surface area contributed by atoms with Gasteiger partial charge in [-0.25, -0.2) is 0 Å². The highest BCUT2D eigenvalue weighted by Gasteiger charge is 2.65. The fourth-order valence-electron chi connectivity index (χ4n) is 6.32. The molecule has 0 amide bonds. The topological polar surface area (TPSA) is 46.1 Å². The van der Waals surface area contributed by atoms with Crippen molar-refractivity contribution in [2.45, 2.75) is 57.3 Å². The maximum atomic E-state index is 6.16. The number of ether oxygens (including phenoxy) is 2. The average Bonchev–Trinajstić information content (AvgIpc) is 3.38. The Morgan fingerprint density at radius 2 is 2.00 bits per heavy atom. The molecule has 1 N–H and O–H groups in total. The van der Waals surface area contributed by atoms with E-state index < -0.39 is 0 Å². The number of nitrogens with zero attached hydrogens (tertiary/aromatic N) is 2. The van der Waals surface area contributed by atoms with E-state index in [0.717, 1.165) is 32.3 Å². The van der Waals surface area contributed by atoms with Crippen LogP contribution in [0, 0.1) is 18.3 Å². The number of morpholine rings is 1. The lowest BCUT2D eigenvalue weighted by Gasteiger charge is -2.57. The van der Waals surface area contributed by atoms with Gasteiger partial charge in [-0.15, -0.1) is 0 Å². The highest BCUT2D eigenvalue weighted by Crippen LogP contribution is 2.60. The molecule has 0 bridgehead atoms. The van der Waals surface area contributed by atoms with Gasteiger partial charge in [0.05, 0.1) is 19.3 Å². The third-order valence-corrected chi connectivity index (χ3v) is 7.68. The number of guanidine groups is 1. The Bertz CT molecular complexity index is 743. The van der Waals surface area contributed by atoms with Crippen LogP contribution in [0.1, 0.15) is 49.3 Å². The van der Waals surface area contributed by atoms with Crippen molar-refractivity contribution >= 4 is 5.96 Å². The van der Waals surface area contributed by atoms with Crippen LogP contribution in [0.15, 0.2) is 29.3 Å². The largest absolute Gasteiger partial charge is 0.377 e. The van der Waals surface area contributed by atoms with Crippen molar-refractivity contribution in [3.05, 3.63) is 35.4 Å². The van der Waals surface area contributed by atoms with Crippen LogP contribution in [0.3, 0.4) is 0 Å². The molecule has 1 aromatic carbocycles. The summed E-state index contributed by atoms with van der Waals surface area (Å²) in [5.74, 6) is 1.70. The summed E-state index contributed by atoms with van der Waals surface area (Å²) in [6, 6.07) is 9.08. The van der Waals surface area contributed by atoms with Crippen LogP contribution in [-0.2, 0) is 9.47 Å². The van der Waals surface area contributed by atoms with Gasteiger partial charge in [0.1, 0.15) is 6.10 Å². The number of fused-ring (bicyclic) bond motifs is 2. The first-order valence-electron chi connectivity index (χ1n) is 11.0. The molecule has 1 spiro atoms. The van der Waals surface area contributed by atoms with Gasteiger partial charge >= 0.3 is 0 Å². The first-order chi connectivity index (χ1) is 13.7. The molecule has 2 heterocycles. The third kappa shape index (κ3) is 2.86. The molecule has 1 aromatic rings. The molecule has 2 saturated carbocycles. The number of nitrogens with one attached hydrogen (secondary N) is 1. The van der Waals surface area contributed by atoms with E-state index in [9.17, 15) is 0 Å². The van der Waals surface area contributed by atoms with Gasteiger partial charge < -0.3 is 19.7 Å². The van der Waals surface area contributed by atoms with Crippen LogP contribution >= 0.6 is 0 Å². The number of aryl methyl sites for hydroxylation is 1. The van der Waals surface area contributed by atoms with Crippen LogP contribution in [0.2, 0.25) is 0 Å². The van der Waals surface area contributed by atoms with Crippen molar-refractivity contribution in [2.24, 2.45) is 16.3 Å². The van der Waals surface area contributed by atoms with Gasteiger partial charge in [-0.05, 0) is 37.3 Å².